The fourth-order valence-electron chi connectivity index (χ4n) is 2.04. The van der Waals surface area contributed by atoms with Crippen LogP contribution in [0.4, 0.5) is 0 Å². The number of carbonyl (C=O) groups is 2. The van der Waals surface area contributed by atoms with E-state index in [2.05, 4.69) is 5.32 Å². The minimum absolute atomic E-state index is 0.00597. The van der Waals surface area contributed by atoms with Gasteiger partial charge < -0.3 is 20.2 Å². The third-order valence-electron chi connectivity index (χ3n) is 3.54. The Morgan fingerprint density at radius 1 is 1.33 bits per heavy atom. The van der Waals surface area contributed by atoms with Gasteiger partial charge in [-0.25, -0.2) is 0 Å². The van der Waals surface area contributed by atoms with E-state index in [-0.39, 0.29) is 30.0 Å². The Balaban J connectivity index is 2.62. The molecule has 1 aliphatic heterocycles. The molecule has 0 aliphatic carbocycles. The molecule has 0 aromatic carbocycles. The maximum atomic E-state index is 12.2. The third kappa shape index (κ3) is 4.76. The van der Waals surface area contributed by atoms with E-state index >= 15 is 0 Å². The van der Waals surface area contributed by atoms with Gasteiger partial charge in [-0.3, -0.25) is 9.59 Å². The van der Waals surface area contributed by atoms with Crippen LogP contribution in [-0.4, -0.2) is 65.5 Å². The second-order valence-corrected chi connectivity index (χ2v) is 4.92. The Kier molecular flexibility index (Phi) is 6.69. The summed E-state index contributed by atoms with van der Waals surface area (Å²) in [5.41, 5.74) is 0.0122. The third-order valence-corrected chi connectivity index (χ3v) is 3.54. The van der Waals surface area contributed by atoms with Gasteiger partial charge in [0.05, 0.1) is 6.61 Å². The van der Waals surface area contributed by atoms with Crippen LogP contribution in [-0.2, 0) is 9.59 Å². The van der Waals surface area contributed by atoms with Crippen LogP contribution in [0.25, 0.3) is 0 Å². The Hall–Kier alpha value is -2.07. The highest BCUT2D eigenvalue weighted by Crippen LogP contribution is 2.07. The van der Waals surface area contributed by atoms with Gasteiger partial charge in [-0.05, 0) is 6.42 Å². The lowest BCUT2D eigenvalue weighted by atomic mass is 10.2. The second-order valence-electron chi connectivity index (χ2n) is 4.92. The zero-order valence-corrected chi connectivity index (χ0v) is 12.5. The monoisotopic (exact) mass is 294 g/mol. The van der Waals surface area contributed by atoms with E-state index in [4.69, 9.17) is 10.4 Å². The molecule has 1 atom stereocenters. The Morgan fingerprint density at radius 3 is 2.33 bits per heavy atom. The molecule has 1 fully saturated rings. The van der Waals surface area contributed by atoms with Crippen molar-refractivity contribution in [3.63, 3.8) is 0 Å². The van der Waals surface area contributed by atoms with Crippen molar-refractivity contribution in [1.82, 2.24) is 15.1 Å². The maximum absolute atomic E-state index is 12.2. The molecule has 2 N–H and O–H groups in total. The Bertz CT molecular complexity index is 444. The molecule has 0 bridgehead atoms. The van der Waals surface area contributed by atoms with Crippen LogP contribution in [0.15, 0.2) is 11.8 Å². The second kappa shape index (κ2) is 8.27. The van der Waals surface area contributed by atoms with Crippen LogP contribution in [0.2, 0.25) is 0 Å². The lowest BCUT2D eigenvalue weighted by molar-refractivity contribution is -0.136. The van der Waals surface area contributed by atoms with Crippen molar-refractivity contribution < 1.29 is 14.7 Å². The fourth-order valence-corrected chi connectivity index (χ4v) is 2.04. The molecule has 1 heterocycles. The van der Waals surface area contributed by atoms with Crippen LogP contribution in [0.1, 0.15) is 20.3 Å². The Labute approximate surface area is 124 Å². The van der Waals surface area contributed by atoms with Crippen LogP contribution >= 0.6 is 0 Å². The van der Waals surface area contributed by atoms with Gasteiger partial charge in [0.15, 0.2) is 0 Å². The molecule has 0 aromatic rings. The number of aliphatic hydroxyl groups is 1. The number of hydrogen-bond acceptors (Lipinski definition) is 5. The summed E-state index contributed by atoms with van der Waals surface area (Å²) < 4.78 is 0. The summed E-state index contributed by atoms with van der Waals surface area (Å²) in [6.07, 6.45) is 2.06. The number of nitrogens with one attached hydrogen (secondary N) is 1. The summed E-state index contributed by atoms with van der Waals surface area (Å²) in [6.45, 7) is 5.17. The summed E-state index contributed by atoms with van der Waals surface area (Å²) in [4.78, 5) is 26.7. The maximum Gasteiger partial charge on any atom is 0.266 e. The molecular weight excluding hydrogens is 272 g/mol. The molecular formula is C14H22N4O3. The average Bonchev–Trinajstić information content (AvgIpc) is 2.51. The quantitative estimate of drug-likeness (QED) is 0.523. The van der Waals surface area contributed by atoms with E-state index in [9.17, 15) is 9.59 Å². The summed E-state index contributed by atoms with van der Waals surface area (Å²) >= 11 is 0. The number of nitriles is 1. The van der Waals surface area contributed by atoms with Crippen molar-refractivity contribution in [2.45, 2.75) is 26.3 Å². The zero-order chi connectivity index (χ0) is 15.8. The van der Waals surface area contributed by atoms with Crippen molar-refractivity contribution in [2.75, 3.05) is 32.8 Å². The Morgan fingerprint density at radius 2 is 1.90 bits per heavy atom. The van der Waals surface area contributed by atoms with Gasteiger partial charge in [-0.1, -0.05) is 6.92 Å². The van der Waals surface area contributed by atoms with E-state index in [0.717, 1.165) is 0 Å². The van der Waals surface area contributed by atoms with Gasteiger partial charge in [0.1, 0.15) is 11.6 Å². The van der Waals surface area contributed by atoms with Crippen LogP contribution in [0, 0.1) is 11.3 Å². The van der Waals surface area contributed by atoms with E-state index in [1.807, 2.05) is 13.0 Å². The lowest BCUT2D eigenvalue weighted by Gasteiger charge is -2.34. The summed E-state index contributed by atoms with van der Waals surface area (Å²) in [6, 6.07) is 1.71. The van der Waals surface area contributed by atoms with E-state index in [1.54, 1.807) is 9.80 Å². The van der Waals surface area contributed by atoms with E-state index < -0.39 is 0 Å². The molecule has 0 spiro atoms. The highest BCUT2D eigenvalue weighted by atomic mass is 16.3. The van der Waals surface area contributed by atoms with Gasteiger partial charge in [-0.2, -0.15) is 5.26 Å². The molecule has 116 valence electrons. The molecule has 0 aromatic heterocycles. The van der Waals surface area contributed by atoms with Crippen molar-refractivity contribution in [3.05, 3.63) is 11.8 Å². The van der Waals surface area contributed by atoms with Gasteiger partial charge in [-0.15, -0.1) is 0 Å². The molecule has 7 heteroatoms. The number of aliphatic hydroxyl groups excluding tert-OH is 1. The molecule has 2 amide bonds. The largest absolute Gasteiger partial charge is 0.394 e. The van der Waals surface area contributed by atoms with Gasteiger partial charge >= 0.3 is 0 Å². The number of carbonyl (C=O) groups excluding carboxylic acids is 2. The number of rotatable bonds is 5. The first kappa shape index (κ1) is 17.0. The molecule has 1 rings (SSSR count). The predicted molar refractivity (Wildman–Crippen MR) is 76.8 cm³/mol. The number of piperazine rings is 1. The molecule has 21 heavy (non-hydrogen) atoms. The zero-order valence-electron chi connectivity index (χ0n) is 12.5. The van der Waals surface area contributed by atoms with E-state index in [1.165, 1.54) is 13.1 Å². The van der Waals surface area contributed by atoms with Crippen LogP contribution < -0.4 is 5.32 Å². The van der Waals surface area contributed by atoms with Gasteiger partial charge in [0.2, 0.25) is 5.91 Å². The molecule has 7 nitrogen and oxygen atoms in total. The average molecular weight is 294 g/mol. The molecule has 0 radical (unpaired) electrons. The van der Waals surface area contributed by atoms with Gasteiger partial charge in [0, 0.05) is 45.3 Å². The van der Waals surface area contributed by atoms with Crippen molar-refractivity contribution in [3.8, 4) is 6.07 Å². The lowest BCUT2D eigenvalue weighted by Crippen LogP contribution is -2.50. The summed E-state index contributed by atoms with van der Waals surface area (Å²) in [5, 5.41) is 21.0. The van der Waals surface area contributed by atoms with Crippen LogP contribution in [0.3, 0.4) is 0 Å². The van der Waals surface area contributed by atoms with Gasteiger partial charge in [0.25, 0.3) is 5.91 Å². The first-order valence-corrected chi connectivity index (χ1v) is 7.05. The van der Waals surface area contributed by atoms with Crippen LogP contribution in [0.5, 0.6) is 0 Å². The summed E-state index contributed by atoms with van der Waals surface area (Å²) in [7, 11) is 0. The summed E-state index contributed by atoms with van der Waals surface area (Å²) in [5.74, 6) is -0.352. The predicted octanol–water partition coefficient (Wildman–Crippen LogP) is -0.555. The standard InChI is InChI=1S/C14H22N4O3/c1-3-13(10-19)16-9-12(8-15)14(21)18-6-4-17(5-7-18)11(2)20/h9,13,16,19H,3-7,10H2,1-2H3/b12-9-. The first-order chi connectivity index (χ1) is 10.0. The topological polar surface area (TPSA) is 96.7 Å². The normalized spacial score (nSPS) is 17.1. The molecule has 1 aliphatic rings. The first-order valence-electron chi connectivity index (χ1n) is 7.05. The minimum Gasteiger partial charge on any atom is -0.394 e. The number of amides is 2. The minimum atomic E-state index is -0.346. The molecule has 1 unspecified atom stereocenters. The SMILES string of the molecule is CCC(CO)N/C=C(/C#N)C(=O)N1CCN(C(C)=O)CC1. The molecule has 0 saturated carbocycles. The fraction of sp³-hybridized carbons (Fsp3) is 0.643. The number of nitrogens with zero attached hydrogens (tertiary/aromatic N) is 3. The van der Waals surface area contributed by atoms with Crippen molar-refractivity contribution in [1.29, 1.82) is 5.26 Å². The van der Waals surface area contributed by atoms with Crippen molar-refractivity contribution >= 4 is 11.8 Å². The van der Waals surface area contributed by atoms with Crippen molar-refractivity contribution in [2.24, 2.45) is 0 Å². The molecule has 1 saturated heterocycles. The van der Waals surface area contributed by atoms with E-state index in [0.29, 0.717) is 32.6 Å². The smallest absolute Gasteiger partial charge is 0.266 e. The number of hydrogen-bond donors (Lipinski definition) is 2. The highest BCUT2D eigenvalue weighted by molar-refractivity contribution is 5.97. The highest BCUT2D eigenvalue weighted by Gasteiger charge is 2.24.